The second-order valence-electron chi connectivity index (χ2n) is 17.2. The van der Waals surface area contributed by atoms with Gasteiger partial charge in [0.25, 0.3) is 0 Å². The number of furan rings is 1. The molecule has 5 nitrogen and oxygen atoms in total. The Labute approximate surface area is 378 Å². The molecule has 0 saturated heterocycles. The van der Waals surface area contributed by atoms with Crippen molar-refractivity contribution in [1.29, 1.82) is 0 Å². The van der Waals surface area contributed by atoms with Crippen LogP contribution < -0.4 is 0 Å². The van der Waals surface area contributed by atoms with Crippen molar-refractivity contribution in [2.45, 2.75) is 0 Å². The minimum Gasteiger partial charge on any atom is -0.456 e. The second-order valence-corrected chi connectivity index (χ2v) is 17.2. The molecule has 0 N–H and O–H groups in total. The van der Waals surface area contributed by atoms with Crippen molar-refractivity contribution >= 4 is 86.8 Å². The second kappa shape index (κ2) is 14.3. The zero-order valence-corrected chi connectivity index (χ0v) is 35.5. The van der Waals surface area contributed by atoms with Gasteiger partial charge >= 0.3 is 0 Å². The first kappa shape index (κ1) is 36.5. The van der Waals surface area contributed by atoms with E-state index >= 15 is 0 Å². The molecule has 5 heteroatoms. The fourth-order valence-electron chi connectivity index (χ4n) is 10.2. The molecule has 0 amide bonds. The SMILES string of the molecule is c1ccc(-c2ccc(-c3nc(-c4cc5ccccc5c5ccccc45)nc(-c4cc(-n5c6ccccc6c6cc7ccccc7cc65)cc5oc6cc7ccccc7cc6c45)n3)cc2)cc1. The molecule has 0 unspecified atom stereocenters. The molecule has 0 fully saturated rings. The van der Waals surface area contributed by atoms with Crippen LogP contribution in [0.3, 0.4) is 0 Å². The van der Waals surface area contributed by atoms with Gasteiger partial charge in [0.1, 0.15) is 11.2 Å². The summed E-state index contributed by atoms with van der Waals surface area (Å²) in [6.07, 6.45) is 0. The maximum atomic E-state index is 6.96. The molecule has 3 aromatic heterocycles. The highest BCUT2D eigenvalue weighted by atomic mass is 16.3. The zero-order valence-electron chi connectivity index (χ0n) is 35.5. The average molecular weight is 841 g/mol. The van der Waals surface area contributed by atoms with Crippen LogP contribution in [0.5, 0.6) is 0 Å². The molecule has 14 aromatic rings. The van der Waals surface area contributed by atoms with E-state index in [4.69, 9.17) is 19.4 Å². The van der Waals surface area contributed by atoms with E-state index in [2.05, 4.69) is 217 Å². The minimum atomic E-state index is 0.563. The van der Waals surface area contributed by atoms with Gasteiger partial charge in [0.05, 0.1) is 16.7 Å². The van der Waals surface area contributed by atoms with Gasteiger partial charge in [-0.15, -0.1) is 0 Å². The number of fused-ring (bicyclic) bond motifs is 11. The quantitative estimate of drug-likeness (QED) is 0.162. The Bertz CT molecular complexity index is 4280. The first-order valence-corrected chi connectivity index (χ1v) is 22.3. The Morgan fingerprint density at radius 2 is 0.848 bits per heavy atom. The Balaban J connectivity index is 1.09. The Hall–Kier alpha value is -8.93. The number of hydrogen-bond acceptors (Lipinski definition) is 4. The smallest absolute Gasteiger partial charge is 0.164 e. The van der Waals surface area contributed by atoms with Crippen LogP contribution in [-0.4, -0.2) is 19.5 Å². The van der Waals surface area contributed by atoms with Gasteiger partial charge in [-0.1, -0.05) is 170 Å². The summed E-state index contributed by atoms with van der Waals surface area (Å²) in [5, 5.41) is 13.5. The Morgan fingerprint density at radius 3 is 1.61 bits per heavy atom. The fourth-order valence-corrected chi connectivity index (χ4v) is 10.2. The first-order chi connectivity index (χ1) is 32.7. The fraction of sp³-hybridized carbons (Fsp3) is 0. The average Bonchev–Trinajstić information content (AvgIpc) is 3.91. The molecule has 14 rings (SSSR count). The lowest BCUT2D eigenvalue weighted by atomic mass is 9.96. The lowest BCUT2D eigenvalue weighted by Gasteiger charge is -2.14. The molecule has 306 valence electrons. The van der Waals surface area contributed by atoms with Gasteiger partial charge < -0.3 is 8.98 Å². The summed E-state index contributed by atoms with van der Waals surface area (Å²) in [5.74, 6) is 1.75. The highest BCUT2D eigenvalue weighted by Crippen LogP contribution is 2.43. The van der Waals surface area contributed by atoms with Gasteiger partial charge in [0, 0.05) is 44.3 Å². The van der Waals surface area contributed by atoms with Gasteiger partial charge in [0.2, 0.25) is 0 Å². The predicted octanol–water partition coefficient (Wildman–Crippen LogP) is 16.1. The largest absolute Gasteiger partial charge is 0.456 e. The van der Waals surface area contributed by atoms with Crippen LogP contribution in [0, 0.1) is 0 Å². The predicted molar refractivity (Wildman–Crippen MR) is 273 cm³/mol. The number of nitrogens with zero attached hydrogens (tertiary/aromatic N) is 4. The normalized spacial score (nSPS) is 11.9. The summed E-state index contributed by atoms with van der Waals surface area (Å²) in [4.78, 5) is 16.4. The number of para-hydroxylation sites is 1. The molecule has 0 saturated carbocycles. The molecular formula is C61H36N4O. The van der Waals surface area contributed by atoms with E-state index in [1.165, 1.54) is 26.9 Å². The molecule has 66 heavy (non-hydrogen) atoms. The maximum absolute atomic E-state index is 6.96. The monoisotopic (exact) mass is 840 g/mol. The molecule has 0 atom stereocenters. The van der Waals surface area contributed by atoms with E-state index < -0.39 is 0 Å². The summed E-state index contributed by atoms with van der Waals surface area (Å²) in [7, 11) is 0. The molecular weight excluding hydrogens is 805 g/mol. The third kappa shape index (κ3) is 5.70. The van der Waals surface area contributed by atoms with Crippen LogP contribution in [0.15, 0.2) is 223 Å². The lowest BCUT2D eigenvalue weighted by molar-refractivity contribution is 0.669. The molecule has 11 aromatic carbocycles. The molecule has 3 heterocycles. The van der Waals surface area contributed by atoms with Crippen molar-refractivity contribution < 1.29 is 4.42 Å². The minimum absolute atomic E-state index is 0.563. The first-order valence-electron chi connectivity index (χ1n) is 22.3. The van der Waals surface area contributed by atoms with Crippen molar-refractivity contribution in [1.82, 2.24) is 19.5 Å². The van der Waals surface area contributed by atoms with Crippen LogP contribution in [0.1, 0.15) is 0 Å². The van der Waals surface area contributed by atoms with Crippen molar-refractivity contribution in [2.75, 3.05) is 0 Å². The third-order valence-electron chi connectivity index (χ3n) is 13.4. The van der Waals surface area contributed by atoms with Gasteiger partial charge in [-0.25, -0.2) is 15.0 Å². The van der Waals surface area contributed by atoms with Crippen molar-refractivity contribution in [2.24, 2.45) is 0 Å². The van der Waals surface area contributed by atoms with Gasteiger partial charge in [-0.2, -0.15) is 0 Å². The van der Waals surface area contributed by atoms with Crippen LogP contribution in [-0.2, 0) is 0 Å². The number of hydrogen-bond donors (Lipinski definition) is 0. The zero-order chi connectivity index (χ0) is 43.3. The van der Waals surface area contributed by atoms with Crippen LogP contribution in [0.25, 0.3) is 138 Å². The van der Waals surface area contributed by atoms with Gasteiger partial charge in [-0.3, -0.25) is 0 Å². The lowest BCUT2D eigenvalue weighted by Crippen LogP contribution is -2.02. The van der Waals surface area contributed by atoms with Crippen molar-refractivity contribution in [3.05, 3.63) is 218 Å². The van der Waals surface area contributed by atoms with E-state index in [-0.39, 0.29) is 0 Å². The number of aromatic nitrogens is 4. The number of rotatable bonds is 5. The highest BCUT2D eigenvalue weighted by Gasteiger charge is 2.23. The number of benzene rings is 11. The summed E-state index contributed by atoms with van der Waals surface area (Å²) in [6, 6.07) is 77.5. The standard InChI is InChI=1S/C61H36N4O/c1-2-14-37(15-3-1)38-26-28-39(29-27-38)59-62-60(51-32-44-20-8-9-21-46(44)47-22-10-11-23-48(47)51)64-61(63-59)53-35-45(36-57-58(53)52-31-41-17-5-7-19-43(41)34-56(52)66-57)65-54-25-13-12-24-49(54)50-30-40-16-4-6-18-42(40)33-55(50)65/h1-36H. The van der Waals surface area contributed by atoms with E-state index in [0.717, 1.165) is 93.4 Å². The van der Waals surface area contributed by atoms with Crippen LogP contribution >= 0.6 is 0 Å². The molecule has 0 bridgehead atoms. The van der Waals surface area contributed by atoms with E-state index in [1.807, 2.05) is 6.07 Å². The Kier molecular flexibility index (Phi) is 7.91. The molecule has 0 spiro atoms. The summed E-state index contributed by atoms with van der Waals surface area (Å²) < 4.78 is 9.33. The molecule has 0 aliphatic heterocycles. The molecule has 0 radical (unpaired) electrons. The summed E-state index contributed by atoms with van der Waals surface area (Å²) in [5.41, 5.74) is 9.71. The van der Waals surface area contributed by atoms with Crippen molar-refractivity contribution in [3.8, 4) is 51.0 Å². The van der Waals surface area contributed by atoms with Crippen molar-refractivity contribution in [3.63, 3.8) is 0 Å². The van der Waals surface area contributed by atoms with Gasteiger partial charge in [-0.05, 0) is 96.7 Å². The highest BCUT2D eigenvalue weighted by molar-refractivity contribution is 6.18. The third-order valence-corrected chi connectivity index (χ3v) is 13.4. The Morgan fingerprint density at radius 1 is 0.303 bits per heavy atom. The van der Waals surface area contributed by atoms with Crippen LogP contribution in [0.4, 0.5) is 0 Å². The molecule has 0 aliphatic rings. The van der Waals surface area contributed by atoms with Gasteiger partial charge in [0.15, 0.2) is 17.5 Å². The van der Waals surface area contributed by atoms with E-state index in [9.17, 15) is 0 Å². The topological polar surface area (TPSA) is 56.7 Å². The summed E-state index contributed by atoms with van der Waals surface area (Å²) >= 11 is 0. The molecule has 0 aliphatic carbocycles. The summed E-state index contributed by atoms with van der Waals surface area (Å²) in [6.45, 7) is 0. The van der Waals surface area contributed by atoms with E-state index in [1.54, 1.807) is 0 Å². The van der Waals surface area contributed by atoms with Crippen LogP contribution in [0.2, 0.25) is 0 Å². The maximum Gasteiger partial charge on any atom is 0.164 e. The van der Waals surface area contributed by atoms with E-state index in [0.29, 0.717) is 17.5 Å².